The third kappa shape index (κ3) is 4.88. The topological polar surface area (TPSA) is 49.2 Å². The molecule has 0 bridgehead atoms. The van der Waals surface area contributed by atoms with Crippen LogP contribution in [-0.4, -0.2) is 31.3 Å². The number of nitrogens with zero attached hydrogens (tertiary/aromatic N) is 3. The number of hydrogen-bond donors (Lipinski definition) is 0. The van der Waals surface area contributed by atoms with Gasteiger partial charge in [0, 0.05) is 35.3 Å². The number of aromatic nitrogens is 1. The van der Waals surface area contributed by atoms with Crippen LogP contribution in [0, 0.1) is 11.3 Å². The lowest BCUT2D eigenvalue weighted by Gasteiger charge is -2.28. The Labute approximate surface area is 179 Å². The largest absolute Gasteiger partial charge is 0.378 e. The van der Waals surface area contributed by atoms with Gasteiger partial charge >= 0.3 is 0 Å². The zero-order valence-electron chi connectivity index (χ0n) is 16.2. The highest BCUT2D eigenvalue weighted by Gasteiger charge is 2.14. The number of benzene rings is 1. The number of allylic oxidation sites excluding steroid dienone is 6. The number of anilines is 1. The van der Waals surface area contributed by atoms with Crippen LogP contribution in [0.2, 0.25) is 0 Å². The fraction of sp³-hybridized carbons (Fsp3) is 0.217. The monoisotopic (exact) mass is 419 g/mol. The molecule has 6 heteroatoms. The van der Waals surface area contributed by atoms with E-state index in [9.17, 15) is 5.26 Å². The van der Waals surface area contributed by atoms with Gasteiger partial charge in [-0.05, 0) is 53.3 Å². The molecule has 2 aliphatic heterocycles. The van der Waals surface area contributed by atoms with Crippen LogP contribution in [0.25, 0.3) is 11.6 Å². The summed E-state index contributed by atoms with van der Waals surface area (Å²) in [5.74, 6) is 0. The zero-order valence-corrected chi connectivity index (χ0v) is 17.8. The Hall–Kier alpha value is -2.59. The molecule has 4 rings (SSSR count). The van der Waals surface area contributed by atoms with E-state index in [0.29, 0.717) is 5.57 Å². The molecule has 1 aromatic heterocycles. The zero-order chi connectivity index (χ0) is 20.1. The molecule has 146 valence electrons. The third-order valence-corrected chi connectivity index (χ3v) is 6.41. The van der Waals surface area contributed by atoms with E-state index in [-0.39, 0.29) is 0 Å². The summed E-state index contributed by atoms with van der Waals surface area (Å²) in [6.45, 7) is 5.54. The number of morpholine rings is 1. The summed E-state index contributed by atoms with van der Waals surface area (Å²) in [5, 5.41) is 12.3. The summed E-state index contributed by atoms with van der Waals surface area (Å²) in [6, 6.07) is 10.9. The maximum atomic E-state index is 9.63. The summed E-state index contributed by atoms with van der Waals surface area (Å²) in [7, 11) is 0. The van der Waals surface area contributed by atoms with Crippen molar-refractivity contribution in [3.63, 3.8) is 0 Å². The lowest BCUT2D eigenvalue weighted by atomic mass is 10.1. The number of rotatable bonds is 4. The number of nitriles is 1. The first-order valence-corrected chi connectivity index (χ1v) is 11.2. The quantitative estimate of drug-likeness (QED) is 0.612. The first-order valence-electron chi connectivity index (χ1n) is 9.46. The normalized spacial score (nSPS) is 19.0. The minimum Gasteiger partial charge on any atom is -0.378 e. The minimum atomic E-state index is 0.625. The fourth-order valence-corrected chi connectivity index (χ4v) is 4.80. The number of hydrogen-bond acceptors (Lipinski definition) is 6. The Morgan fingerprint density at radius 3 is 2.66 bits per heavy atom. The van der Waals surface area contributed by atoms with Gasteiger partial charge < -0.3 is 9.64 Å². The highest BCUT2D eigenvalue weighted by atomic mass is 32.2. The number of ether oxygens (including phenoxy) is 1. The van der Waals surface area contributed by atoms with Crippen LogP contribution in [-0.2, 0) is 4.74 Å². The van der Waals surface area contributed by atoms with Gasteiger partial charge in [0.15, 0.2) is 0 Å². The number of thioether (sulfide) groups is 1. The van der Waals surface area contributed by atoms with Crippen LogP contribution in [0.1, 0.15) is 17.5 Å². The van der Waals surface area contributed by atoms with Crippen LogP contribution >= 0.6 is 23.1 Å². The van der Waals surface area contributed by atoms with Crippen LogP contribution in [0.3, 0.4) is 0 Å². The van der Waals surface area contributed by atoms with Crippen molar-refractivity contribution < 1.29 is 4.74 Å². The lowest BCUT2D eigenvalue weighted by Crippen LogP contribution is -2.36. The molecule has 4 nitrogen and oxygen atoms in total. The molecule has 0 aliphatic carbocycles. The van der Waals surface area contributed by atoms with E-state index in [0.717, 1.165) is 52.3 Å². The van der Waals surface area contributed by atoms with Crippen LogP contribution in [0.4, 0.5) is 5.69 Å². The van der Waals surface area contributed by atoms with Crippen molar-refractivity contribution in [1.82, 2.24) is 4.98 Å². The van der Waals surface area contributed by atoms with Crippen molar-refractivity contribution >= 4 is 40.4 Å². The molecule has 0 N–H and O–H groups in total. The van der Waals surface area contributed by atoms with E-state index in [1.54, 1.807) is 18.0 Å². The molecule has 0 spiro atoms. The van der Waals surface area contributed by atoms with Crippen LogP contribution < -0.4 is 4.90 Å². The van der Waals surface area contributed by atoms with E-state index in [4.69, 9.17) is 4.74 Å². The van der Waals surface area contributed by atoms with Crippen molar-refractivity contribution in [3.8, 4) is 6.07 Å². The summed E-state index contributed by atoms with van der Waals surface area (Å²) < 4.78 is 5.42. The molecule has 29 heavy (non-hydrogen) atoms. The van der Waals surface area contributed by atoms with Crippen LogP contribution in [0.5, 0.6) is 0 Å². The Morgan fingerprint density at radius 2 is 1.97 bits per heavy atom. The summed E-state index contributed by atoms with van der Waals surface area (Å²) in [6.07, 6.45) is 10.1. The Kier molecular flexibility index (Phi) is 6.30. The maximum Gasteiger partial charge on any atom is 0.134 e. The molecule has 1 saturated heterocycles. The van der Waals surface area contributed by atoms with Crippen molar-refractivity contribution in [2.45, 2.75) is 6.92 Å². The Balaban J connectivity index is 1.53. The van der Waals surface area contributed by atoms with Gasteiger partial charge in [0.05, 0.1) is 18.8 Å². The van der Waals surface area contributed by atoms with Gasteiger partial charge in [0.1, 0.15) is 11.1 Å². The molecule has 0 atom stereocenters. The number of thiazole rings is 1. The van der Waals surface area contributed by atoms with E-state index < -0.39 is 0 Å². The molecular weight excluding hydrogens is 398 g/mol. The SMILES string of the molecule is CC1=CC(=C(C#N)c2nccs2)C=C(C=Cc2ccc(N3CCOCC3)cc2)S1. The molecular formula is C23H21N3OS2. The Morgan fingerprint density at radius 1 is 1.17 bits per heavy atom. The van der Waals surface area contributed by atoms with Gasteiger partial charge in [-0.1, -0.05) is 30.0 Å². The Bertz CT molecular complexity index is 1020. The predicted octanol–water partition coefficient (Wildman–Crippen LogP) is 5.50. The lowest BCUT2D eigenvalue weighted by molar-refractivity contribution is 0.122. The van der Waals surface area contributed by atoms with E-state index in [1.807, 2.05) is 5.38 Å². The average Bonchev–Trinajstić information content (AvgIpc) is 3.28. The van der Waals surface area contributed by atoms with Gasteiger partial charge in [-0.3, -0.25) is 0 Å². The minimum absolute atomic E-state index is 0.625. The summed E-state index contributed by atoms with van der Waals surface area (Å²) >= 11 is 3.20. The fourth-order valence-electron chi connectivity index (χ4n) is 3.26. The molecule has 1 fully saturated rings. The average molecular weight is 420 g/mol. The molecule has 2 aromatic rings. The smallest absolute Gasteiger partial charge is 0.134 e. The first-order chi connectivity index (χ1) is 14.2. The molecule has 0 unspecified atom stereocenters. The van der Waals surface area contributed by atoms with E-state index in [2.05, 4.69) is 71.4 Å². The van der Waals surface area contributed by atoms with Crippen molar-refractivity contribution in [2.75, 3.05) is 31.2 Å². The van der Waals surface area contributed by atoms with Gasteiger partial charge in [0.2, 0.25) is 0 Å². The van der Waals surface area contributed by atoms with Gasteiger partial charge in [0.25, 0.3) is 0 Å². The summed E-state index contributed by atoms with van der Waals surface area (Å²) in [4.78, 5) is 8.92. The maximum absolute atomic E-state index is 9.63. The third-order valence-electron chi connectivity index (χ3n) is 4.69. The second-order valence-electron chi connectivity index (χ2n) is 6.71. The first kappa shape index (κ1) is 19.7. The van der Waals surface area contributed by atoms with Crippen LogP contribution in [0.15, 0.2) is 69.5 Å². The highest BCUT2D eigenvalue weighted by molar-refractivity contribution is 8.06. The van der Waals surface area contributed by atoms with Crippen molar-refractivity contribution in [3.05, 3.63) is 80.0 Å². The molecule has 0 amide bonds. The van der Waals surface area contributed by atoms with Crippen molar-refractivity contribution in [1.29, 1.82) is 5.26 Å². The summed E-state index contributed by atoms with van der Waals surface area (Å²) in [5.41, 5.74) is 3.94. The van der Waals surface area contributed by atoms with E-state index in [1.165, 1.54) is 17.0 Å². The van der Waals surface area contributed by atoms with E-state index >= 15 is 0 Å². The molecule has 2 aliphatic rings. The van der Waals surface area contributed by atoms with Crippen molar-refractivity contribution in [2.24, 2.45) is 0 Å². The van der Waals surface area contributed by atoms with Gasteiger partial charge in [-0.15, -0.1) is 11.3 Å². The molecule has 1 aromatic carbocycles. The molecule has 0 radical (unpaired) electrons. The standard InChI is InChI=1S/C23H21N3OS2/c1-17-14-19(22(16-24)23-25-8-13-28-23)15-21(29-17)7-4-18-2-5-20(6-3-18)26-9-11-27-12-10-26/h2-8,13-15H,9-12H2,1H3. The molecule has 3 heterocycles. The van der Waals surface area contributed by atoms with Gasteiger partial charge in [-0.25, -0.2) is 4.98 Å². The second kappa shape index (κ2) is 9.27. The van der Waals surface area contributed by atoms with Gasteiger partial charge in [-0.2, -0.15) is 5.26 Å². The highest BCUT2D eigenvalue weighted by Crippen LogP contribution is 2.36. The predicted molar refractivity (Wildman–Crippen MR) is 123 cm³/mol. The molecule has 0 saturated carbocycles. The second-order valence-corrected chi connectivity index (χ2v) is 8.92.